The number of benzene rings is 2. The molecule has 0 fully saturated rings. The average molecular weight is 550 g/mol. The lowest BCUT2D eigenvalue weighted by Crippen LogP contribution is -2.29. The predicted molar refractivity (Wildman–Crippen MR) is 133 cm³/mol. The first-order valence-corrected chi connectivity index (χ1v) is 12.4. The van der Waals surface area contributed by atoms with Gasteiger partial charge in [0.2, 0.25) is 11.1 Å². The van der Waals surface area contributed by atoms with Gasteiger partial charge < -0.3 is 14.8 Å². The number of allylic oxidation sites excluding steroid dienone is 1. The van der Waals surface area contributed by atoms with Gasteiger partial charge in [-0.3, -0.25) is 0 Å². The van der Waals surface area contributed by atoms with E-state index in [1.165, 1.54) is 11.8 Å². The van der Waals surface area contributed by atoms with Crippen molar-refractivity contribution in [1.29, 1.82) is 0 Å². The maximum Gasteiger partial charge on any atom is 0.338 e. The van der Waals surface area contributed by atoms with E-state index in [0.29, 0.717) is 38.9 Å². The highest BCUT2D eigenvalue weighted by molar-refractivity contribution is 9.10. The fourth-order valence-corrected chi connectivity index (χ4v) is 5.26. The highest BCUT2D eigenvalue weighted by atomic mass is 79.9. The molecule has 0 spiro atoms. The van der Waals surface area contributed by atoms with E-state index in [1.807, 2.05) is 49.4 Å². The van der Waals surface area contributed by atoms with Crippen LogP contribution in [0.5, 0.6) is 5.75 Å². The lowest BCUT2D eigenvalue weighted by Gasteiger charge is -2.28. The Kier molecular flexibility index (Phi) is 7.31. The van der Waals surface area contributed by atoms with E-state index < -0.39 is 12.0 Å². The van der Waals surface area contributed by atoms with Crippen molar-refractivity contribution in [3.8, 4) is 5.75 Å². The molecule has 1 aromatic heterocycles. The first-order chi connectivity index (χ1) is 15.9. The summed E-state index contributed by atoms with van der Waals surface area (Å²) in [6, 6.07) is 12.9. The second-order valence-corrected chi connectivity index (χ2v) is 9.43. The molecule has 7 nitrogen and oxygen atoms in total. The molecule has 1 aliphatic heterocycles. The van der Waals surface area contributed by atoms with Gasteiger partial charge in [0.15, 0.2) is 0 Å². The van der Waals surface area contributed by atoms with Crippen LogP contribution in [0.15, 0.2) is 63.4 Å². The quantitative estimate of drug-likeness (QED) is 0.293. The standard InChI is InChI=1S/C23H22BrClN4O3S/c1-4-32-21(30)19-13(2)26-22-27-23(33-12-15-7-5-6-8-17(15)25)28-29(22)20(19)14-9-10-18(31-3)16(24)11-14/h5-11,20H,4,12H2,1-3H3,(H,26,27,28). The van der Waals surface area contributed by atoms with Gasteiger partial charge in [0, 0.05) is 16.5 Å². The van der Waals surface area contributed by atoms with Crippen LogP contribution >= 0.6 is 39.3 Å². The maximum atomic E-state index is 12.9. The van der Waals surface area contributed by atoms with Gasteiger partial charge >= 0.3 is 5.97 Å². The molecule has 3 aromatic rings. The molecule has 0 saturated carbocycles. The zero-order valence-electron chi connectivity index (χ0n) is 18.3. The van der Waals surface area contributed by atoms with Crippen molar-refractivity contribution >= 4 is 51.2 Å². The van der Waals surface area contributed by atoms with Crippen molar-refractivity contribution in [1.82, 2.24) is 14.8 Å². The molecule has 0 bridgehead atoms. The molecule has 0 amide bonds. The molecule has 2 aromatic carbocycles. The molecule has 33 heavy (non-hydrogen) atoms. The monoisotopic (exact) mass is 548 g/mol. The van der Waals surface area contributed by atoms with Crippen molar-refractivity contribution < 1.29 is 14.3 Å². The summed E-state index contributed by atoms with van der Waals surface area (Å²) in [5, 5.41) is 9.22. The van der Waals surface area contributed by atoms with Gasteiger partial charge in [-0.1, -0.05) is 47.6 Å². The number of rotatable bonds is 7. The minimum Gasteiger partial charge on any atom is -0.496 e. The summed E-state index contributed by atoms with van der Waals surface area (Å²) in [4.78, 5) is 17.6. The van der Waals surface area contributed by atoms with Crippen LogP contribution < -0.4 is 10.1 Å². The third kappa shape index (κ3) is 4.90. The number of methoxy groups -OCH3 is 1. The van der Waals surface area contributed by atoms with Crippen molar-refractivity contribution in [3.05, 3.63) is 74.4 Å². The van der Waals surface area contributed by atoms with Gasteiger partial charge in [-0.25, -0.2) is 9.48 Å². The molecule has 1 unspecified atom stereocenters. The van der Waals surface area contributed by atoms with Crippen molar-refractivity contribution in [3.63, 3.8) is 0 Å². The van der Waals surface area contributed by atoms with Gasteiger partial charge in [-0.15, -0.1) is 5.10 Å². The van der Waals surface area contributed by atoms with E-state index in [-0.39, 0.29) is 6.61 Å². The molecule has 1 aliphatic rings. The Morgan fingerprint density at radius 1 is 1.30 bits per heavy atom. The molecule has 1 atom stereocenters. The fourth-order valence-electron chi connectivity index (χ4n) is 3.58. The fraction of sp³-hybridized carbons (Fsp3) is 0.261. The second kappa shape index (κ2) is 10.2. The molecule has 10 heteroatoms. The normalized spacial score (nSPS) is 15.1. The Hall–Kier alpha value is -2.49. The molecule has 0 radical (unpaired) electrons. The van der Waals surface area contributed by atoms with E-state index in [4.69, 9.17) is 26.2 Å². The third-order valence-corrected chi connectivity index (χ3v) is 7.01. The number of thioether (sulfide) groups is 1. The van der Waals surface area contributed by atoms with Gasteiger partial charge in [0.1, 0.15) is 11.8 Å². The highest BCUT2D eigenvalue weighted by Gasteiger charge is 2.35. The number of fused-ring (bicyclic) bond motifs is 1. The minimum atomic E-state index is -0.510. The Bertz CT molecular complexity index is 1230. The number of carbonyl (C=O) groups excluding carboxylic acids is 1. The Morgan fingerprint density at radius 3 is 2.79 bits per heavy atom. The zero-order chi connectivity index (χ0) is 23.5. The lowest BCUT2D eigenvalue weighted by atomic mass is 9.96. The Labute approximate surface area is 209 Å². The summed E-state index contributed by atoms with van der Waals surface area (Å²) in [5.41, 5.74) is 3.00. The van der Waals surface area contributed by atoms with Crippen molar-refractivity contribution in [2.24, 2.45) is 0 Å². The zero-order valence-corrected chi connectivity index (χ0v) is 21.4. The first kappa shape index (κ1) is 23.7. The van der Waals surface area contributed by atoms with E-state index in [9.17, 15) is 4.79 Å². The van der Waals surface area contributed by atoms with Gasteiger partial charge in [0.05, 0.1) is 23.8 Å². The van der Waals surface area contributed by atoms with Crippen LogP contribution in [-0.4, -0.2) is 34.5 Å². The van der Waals surface area contributed by atoms with E-state index in [1.54, 1.807) is 18.7 Å². The molecular formula is C23H22BrClN4O3S. The third-order valence-electron chi connectivity index (χ3n) is 5.13. The van der Waals surface area contributed by atoms with Gasteiger partial charge in [-0.05, 0) is 59.1 Å². The Morgan fingerprint density at radius 2 is 2.09 bits per heavy atom. The summed E-state index contributed by atoms with van der Waals surface area (Å²) in [6.07, 6.45) is 0. The maximum absolute atomic E-state index is 12.9. The summed E-state index contributed by atoms with van der Waals surface area (Å²) >= 11 is 11.3. The van der Waals surface area contributed by atoms with Crippen LogP contribution in [0.1, 0.15) is 31.0 Å². The largest absolute Gasteiger partial charge is 0.496 e. The number of ether oxygens (including phenoxy) is 2. The summed E-state index contributed by atoms with van der Waals surface area (Å²) < 4.78 is 13.2. The molecule has 2 heterocycles. The lowest BCUT2D eigenvalue weighted by molar-refractivity contribution is -0.139. The number of carbonyl (C=O) groups is 1. The Balaban J connectivity index is 1.73. The average Bonchev–Trinajstić information content (AvgIpc) is 3.20. The van der Waals surface area contributed by atoms with Crippen LogP contribution in [-0.2, 0) is 15.3 Å². The number of aromatic nitrogens is 3. The number of nitrogens with zero attached hydrogens (tertiary/aromatic N) is 3. The van der Waals surface area contributed by atoms with Crippen LogP contribution in [0.2, 0.25) is 5.02 Å². The molecule has 0 aliphatic carbocycles. The van der Waals surface area contributed by atoms with E-state index in [0.717, 1.165) is 15.6 Å². The van der Waals surface area contributed by atoms with Crippen LogP contribution in [0.4, 0.5) is 5.95 Å². The number of nitrogens with one attached hydrogen (secondary N) is 1. The summed E-state index contributed by atoms with van der Waals surface area (Å²) in [7, 11) is 1.61. The van der Waals surface area contributed by atoms with E-state index >= 15 is 0 Å². The first-order valence-electron chi connectivity index (χ1n) is 10.2. The van der Waals surface area contributed by atoms with Crippen LogP contribution in [0.3, 0.4) is 0 Å². The second-order valence-electron chi connectivity index (χ2n) is 7.22. The van der Waals surface area contributed by atoms with E-state index in [2.05, 4.69) is 26.2 Å². The SMILES string of the molecule is CCOC(=O)C1=C(C)Nc2nc(SCc3ccccc3Cl)nn2C1c1ccc(OC)c(Br)c1. The minimum absolute atomic E-state index is 0.276. The van der Waals surface area contributed by atoms with Gasteiger partial charge in [0.25, 0.3) is 0 Å². The van der Waals surface area contributed by atoms with Crippen LogP contribution in [0.25, 0.3) is 0 Å². The van der Waals surface area contributed by atoms with Crippen LogP contribution in [0, 0.1) is 0 Å². The molecular weight excluding hydrogens is 528 g/mol. The smallest absolute Gasteiger partial charge is 0.338 e. The highest BCUT2D eigenvalue weighted by Crippen LogP contribution is 2.39. The number of hydrogen-bond donors (Lipinski definition) is 1. The summed E-state index contributed by atoms with van der Waals surface area (Å²) in [6.45, 7) is 3.90. The summed E-state index contributed by atoms with van der Waals surface area (Å²) in [5.74, 6) is 1.48. The van der Waals surface area contributed by atoms with Gasteiger partial charge in [-0.2, -0.15) is 4.98 Å². The number of anilines is 1. The number of halogens is 2. The van der Waals surface area contributed by atoms with Crippen molar-refractivity contribution in [2.45, 2.75) is 30.8 Å². The number of hydrogen-bond acceptors (Lipinski definition) is 7. The van der Waals surface area contributed by atoms with Crippen molar-refractivity contribution in [2.75, 3.05) is 19.0 Å². The topological polar surface area (TPSA) is 78.3 Å². The molecule has 172 valence electrons. The molecule has 0 saturated heterocycles. The number of esters is 1. The molecule has 4 rings (SSSR count). The molecule has 1 N–H and O–H groups in total. The predicted octanol–water partition coefficient (Wildman–Crippen LogP) is 5.85.